The van der Waals surface area contributed by atoms with Gasteiger partial charge in [-0.3, -0.25) is 9.89 Å². The van der Waals surface area contributed by atoms with E-state index in [-0.39, 0.29) is 24.0 Å². The number of aromatic nitrogens is 1. The Hall–Kier alpha value is -1.32. The van der Waals surface area contributed by atoms with Gasteiger partial charge in [0.05, 0.1) is 5.69 Å². The number of aliphatic imine (C=N–C) groups is 1. The summed E-state index contributed by atoms with van der Waals surface area (Å²) in [6.07, 6.45) is 4.34. The summed E-state index contributed by atoms with van der Waals surface area (Å²) in [7, 11) is 2.21. The van der Waals surface area contributed by atoms with Crippen molar-refractivity contribution in [3.8, 4) is 0 Å². The van der Waals surface area contributed by atoms with Crippen molar-refractivity contribution >= 4 is 41.5 Å². The molecule has 0 bridgehead atoms. The van der Waals surface area contributed by atoms with Gasteiger partial charge in [0, 0.05) is 36.3 Å². The summed E-state index contributed by atoms with van der Waals surface area (Å²) >= 11 is 6.28. The number of nitrogens with zero attached hydrogens (tertiary/aromatic N) is 3. The molecule has 8 heteroatoms. The van der Waals surface area contributed by atoms with Crippen LogP contribution in [-0.4, -0.2) is 49.2 Å². The van der Waals surface area contributed by atoms with Crippen molar-refractivity contribution in [3.05, 3.63) is 51.9 Å². The molecule has 1 aromatic heterocycles. The maximum Gasteiger partial charge on any atom is 0.191 e. The van der Waals surface area contributed by atoms with Crippen molar-refractivity contribution in [2.24, 2.45) is 10.9 Å². The van der Waals surface area contributed by atoms with Gasteiger partial charge in [-0.2, -0.15) is 0 Å². The Morgan fingerprint density at radius 3 is 2.81 bits per heavy atom. The predicted molar refractivity (Wildman–Crippen MR) is 143 cm³/mol. The van der Waals surface area contributed by atoms with Gasteiger partial charge in [0.2, 0.25) is 0 Å². The van der Waals surface area contributed by atoms with Gasteiger partial charge >= 0.3 is 0 Å². The molecule has 178 valence electrons. The van der Waals surface area contributed by atoms with Crippen LogP contribution in [0.3, 0.4) is 0 Å². The largest absolute Gasteiger partial charge is 0.361 e. The number of hydrogen-bond acceptors (Lipinski definition) is 4. The molecule has 2 atom stereocenters. The van der Waals surface area contributed by atoms with Gasteiger partial charge < -0.3 is 15.2 Å². The second-order valence-electron chi connectivity index (χ2n) is 8.44. The number of likely N-dealkylation sites (tertiary alicyclic amines) is 1. The zero-order chi connectivity index (χ0) is 22.2. The molecule has 2 heterocycles. The Morgan fingerprint density at radius 2 is 2.12 bits per heavy atom. The van der Waals surface area contributed by atoms with Crippen LogP contribution >= 0.6 is 35.6 Å². The van der Waals surface area contributed by atoms with E-state index in [1.54, 1.807) is 0 Å². The molecule has 1 aliphatic rings. The molecule has 1 aromatic carbocycles. The number of piperidine rings is 1. The third kappa shape index (κ3) is 7.35. The summed E-state index contributed by atoms with van der Waals surface area (Å²) in [6.45, 7) is 9.69. The molecule has 32 heavy (non-hydrogen) atoms. The van der Waals surface area contributed by atoms with Crippen molar-refractivity contribution in [1.29, 1.82) is 0 Å². The summed E-state index contributed by atoms with van der Waals surface area (Å²) in [4.78, 5) is 7.39. The number of hydrogen-bond donors (Lipinski definition) is 2. The van der Waals surface area contributed by atoms with E-state index in [1.807, 2.05) is 26.0 Å². The lowest BCUT2D eigenvalue weighted by Crippen LogP contribution is -2.40. The quantitative estimate of drug-likeness (QED) is 0.198. The highest BCUT2D eigenvalue weighted by Crippen LogP contribution is 2.36. The molecule has 2 N–H and O–H groups in total. The van der Waals surface area contributed by atoms with E-state index < -0.39 is 0 Å². The molecular weight excluding hydrogens is 537 g/mol. The number of aryl methyl sites for hydroxylation is 2. The predicted octanol–water partition coefficient (Wildman–Crippen LogP) is 5.13. The first kappa shape index (κ1) is 26.9. The molecular formula is C24H37ClIN5O. The van der Waals surface area contributed by atoms with Gasteiger partial charge in [0.25, 0.3) is 0 Å². The molecule has 6 nitrogen and oxygen atoms in total. The van der Waals surface area contributed by atoms with E-state index in [2.05, 4.69) is 46.8 Å². The Balaban J connectivity index is 0.00000363. The van der Waals surface area contributed by atoms with Crippen molar-refractivity contribution in [3.63, 3.8) is 0 Å². The summed E-state index contributed by atoms with van der Waals surface area (Å²) in [5.41, 5.74) is 3.50. The maximum absolute atomic E-state index is 6.28. The van der Waals surface area contributed by atoms with Crippen LogP contribution in [0, 0.1) is 19.8 Å². The molecule has 2 unspecified atom stereocenters. The van der Waals surface area contributed by atoms with Crippen LogP contribution in [0.15, 0.2) is 33.8 Å². The molecule has 3 rings (SSSR count). The smallest absolute Gasteiger partial charge is 0.191 e. The highest BCUT2D eigenvalue weighted by molar-refractivity contribution is 14.0. The van der Waals surface area contributed by atoms with Gasteiger partial charge in [0.1, 0.15) is 5.76 Å². The highest BCUT2D eigenvalue weighted by atomic mass is 127. The van der Waals surface area contributed by atoms with E-state index in [1.165, 1.54) is 24.0 Å². The van der Waals surface area contributed by atoms with Gasteiger partial charge in [-0.15, -0.1) is 24.0 Å². The van der Waals surface area contributed by atoms with Gasteiger partial charge in [0.15, 0.2) is 5.96 Å². The zero-order valence-corrected chi connectivity index (χ0v) is 22.7. The monoisotopic (exact) mass is 573 g/mol. The van der Waals surface area contributed by atoms with Crippen LogP contribution < -0.4 is 10.6 Å². The Bertz CT molecular complexity index is 852. The third-order valence-corrected chi connectivity index (χ3v) is 6.34. The summed E-state index contributed by atoms with van der Waals surface area (Å²) in [5.74, 6) is 2.28. The lowest BCUT2D eigenvalue weighted by Gasteiger charge is -2.39. The normalized spacial score (nSPS) is 19.5. The van der Waals surface area contributed by atoms with Gasteiger partial charge in [-0.1, -0.05) is 28.9 Å². The summed E-state index contributed by atoms with van der Waals surface area (Å²) in [6, 6.07) is 8.62. The minimum absolute atomic E-state index is 0. The van der Waals surface area contributed by atoms with E-state index in [4.69, 9.17) is 21.1 Å². The number of halogens is 2. The minimum atomic E-state index is 0. The number of benzene rings is 1. The van der Waals surface area contributed by atoms with Crippen molar-refractivity contribution < 1.29 is 4.52 Å². The van der Waals surface area contributed by atoms with Crippen LogP contribution in [0.5, 0.6) is 0 Å². The van der Waals surface area contributed by atoms with Crippen LogP contribution in [0.25, 0.3) is 0 Å². The fourth-order valence-corrected chi connectivity index (χ4v) is 4.75. The zero-order valence-electron chi connectivity index (χ0n) is 19.7. The lowest BCUT2D eigenvalue weighted by molar-refractivity contribution is 0.125. The van der Waals surface area contributed by atoms with Gasteiger partial charge in [-0.25, -0.2) is 0 Å². The molecule has 1 fully saturated rings. The first-order chi connectivity index (χ1) is 15.0. The Kier molecular flexibility index (Phi) is 11.3. The molecule has 2 aromatic rings. The van der Waals surface area contributed by atoms with Crippen LogP contribution in [0.4, 0.5) is 0 Å². The summed E-state index contributed by atoms with van der Waals surface area (Å²) < 4.78 is 5.26. The van der Waals surface area contributed by atoms with E-state index in [9.17, 15) is 0 Å². The third-order valence-electron chi connectivity index (χ3n) is 6.10. The van der Waals surface area contributed by atoms with Crippen LogP contribution in [0.1, 0.15) is 54.8 Å². The highest BCUT2D eigenvalue weighted by Gasteiger charge is 2.30. The topological polar surface area (TPSA) is 65.7 Å². The molecule has 0 radical (unpaired) electrons. The maximum atomic E-state index is 6.28. The number of guanidine groups is 1. The second kappa shape index (κ2) is 13.4. The van der Waals surface area contributed by atoms with Gasteiger partial charge in [-0.05, 0) is 83.7 Å². The Labute approximate surface area is 214 Å². The molecule has 1 aliphatic heterocycles. The average Bonchev–Trinajstić information content (AvgIpc) is 3.06. The minimum Gasteiger partial charge on any atom is -0.361 e. The first-order valence-electron chi connectivity index (χ1n) is 11.4. The number of nitrogens with one attached hydrogen (secondary N) is 2. The van der Waals surface area contributed by atoms with Crippen molar-refractivity contribution in [2.75, 3.05) is 33.2 Å². The molecule has 0 amide bonds. The molecule has 1 saturated heterocycles. The Morgan fingerprint density at radius 1 is 1.31 bits per heavy atom. The standard InChI is InChI=1S/C24H36ClN5O.HI/c1-5-26-24(27-13-7-12-22-17(2)29-31-18(22)3)28-16-20-10-8-14-30(4)23(20)19-9-6-11-21(25)15-19;/h6,9,11,15,20,23H,5,7-8,10,12-14,16H2,1-4H3,(H2,26,27,28);1H. The SMILES string of the molecule is CCNC(=NCC1CCCN(C)C1c1cccc(Cl)c1)NCCCc1c(C)noc1C.I. The van der Waals surface area contributed by atoms with Crippen LogP contribution in [0.2, 0.25) is 5.02 Å². The average molecular weight is 574 g/mol. The fraction of sp³-hybridized carbons (Fsp3) is 0.583. The fourth-order valence-electron chi connectivity index (χ4n) is 4.55. The molecule has 0 spiro atoms. The second-order valence-corrected chi connectivity index (χ2v) is 8.87. The first-order valence-corrected chi connectivity index (χ1v) is 11.8. The van der Waals surface area contributed by atoms with E-state index in [0.29, 0.717) is 12.0 Å². The molecule has 0 saturated carbocycles. The van der Waals surface area contributed by atoms with Crippen LogP contribution in [-0.2, 0) is 6.42 Å². The molecule has 0 aliphatic carbocycles. The number of rotatable bonds is 8. The van der Waals surface area contributed by atoms with E-state index >= 15 is 0 Å². The lowest BCUT2D eigenvalue weighted by atomic mass is 9.85. The van der Waals surface area contributed by atoms with Crippen molar-refractivity contribution in [1.82, 2.24) is 20.7 Å². The summed E-state index contributed by atoms with van der Waals surface area (Å²) in [5, 5.41) is 11.7. The van der Waals surface area contributed by atoms with Crippen molar-refractivity contribution in [2.45, 2.75) is 52.5 Å². The van der Waals surface area contributed by atoms with E-state index in [0.717, 1.165) is 61.5 Å².